The quantitative estimate of drug-likeness (QED) is 0.735. The van der Waals surface area contributed by atoms with Gasteiger partial charge >= 0.3 is 11.9 Å². The first-order valence-corrected chi connectivity index (χ1v) is 8.85. The average Bonchev–Trinajstić information content (AvgIpc) is 2.54. The number of carboxylic acids is 1. The summed E-state index contributed by atoms with van der Waals surface area (Å²) in [6.45, 7) is 8.39. The van der Waals surface area contributed by atoms with Gasteiger partial charge in [0.1, 0.15) is 5.60 Å². The molecule has 0 aliphatic carbocycles. The Morgan fingerprint density at radius 3 is 2.19 bits per heavy atom. The molecule has 2 rings (SSSR count). The molecule has 0 spiro atoms. The lowest BCUT2D eigenvalue weighted by molar-refractivity contribution is -0.167. The van der Waals surface area contributed by atoms with Gasteiger partial charge in [0.05, 0.1) is 6.42 Å². The van der Waals surface area contributed by atoms with E-state index in [1.165, 1.54) is 5.56 Å². The van der Waals surface area contributed by atoms with Crippen molar-refractivity contribution >= 4 is 11.9 Å². The maximum Gasteiger partial charge on any atom is 0.339 e. The molecule has 0 amide bonds. The highest BCUT2D eigenvalue weighted by Crippen LogP contribution is 2.20. The van der Waals surface area contributed by atoms with Gasteiger partial charge in [-0.25, -0.2) is 4.79 Å². The van der Waals surface area contributed by atoms with Crippen molar-refractivity contribution in [2.45, 2.75) is 45.0 Å². The number of hydrogen-bond acceptors (Lipinski definition) is 6. The van der Waals surface area contributed by atoms with Crippen LogP contribution in [-0.4, -0.2) is 64.3 Å². The molecular formula is C19H29N3O4. The molecule has 1 fully saturated rings. The first-order valence-electron chi connectivity index (χ1n) is 8.85. The molecule has 26 heavy (non-hydrogen) atoms. The van der Waals surface area contributed by atoms with Gasteiger partial charge in [0, 0.05) is 32.7 Å². The fourth-order valence-electron chi connectivity index (χ4n) is 3.07. The Balaban J connectivity index is 1.96. The minimum Gasteiger partial charge on any atom is -0.479 e. The predicted octanol–water partition coefficient (Wildman–Crippen LogP) is 1.28. The number of ether oxygens (including phenoxy) is 1. The molecule has 7 heteroatoms. The number of nitrogens with zero attached hydrogens (tertiary/aromatic N) is 2. The fourth-order valence-corrected chi connectivity index (χ4v) is 3.07. The smallest absolute Gasteiger partial charge is 0.339 e. The highest BCUT2D eigenvalue weighted by Gasteiger charge is 2.44. The van der Waals surface area contributed by atoms with Gasteiger partial charge < -0.3 is 15.6 Å². The summed E-state index contributed by atoms with van der Waals surface area (Å²) in [7, 11) is 0. The van der Waals surface area contributed by atoms with Gasteiger partial charge in [0.25, 0.3) is 0 Å². The summed E-state index contributed by atoms with van der Waals surface area (Å²) in [5.74, 6) is -1.81. The molecule has 0 unspecified atom stereocenters. The molecular weight excluding hydrogens is 334 g/mol. The summed E-state index contributed by atoms with van der Waals surface area (Å²) in [5.41, 5.74) is 4.93. The van der Waals surface area contributed by atoms with E-state index in [1.807, 2.05) is 18.2 Å². The lowest BCUT2D eigenvalue weighted by Gasteiger charge is -2.42. The summed E-state index contributed by atoms with van der Waals surface area (Å²) in [6.07, 6.45) is -0.377. The fraction of sp³-hybridized carbons (Fsp3) is 0.579. The highest BCUT2D eigenvalue weighted by atomic mass is 16.6. The van der Waals surface area contributed by atoms with Crippen LogP contribution in [0.5, 0.6) is 0 Å². The number of esters is 1. The molecule has 0 radical (unpaired) electrons. The normalized spacial score (nSPS) is 18.9. The Bertz CT molecular complexity index is 621. The topological polar surface area (TPSA) is 96.1 Å². The van der Waals surface area contributed by atoms with Crippen molar-refractivity contribution in [2.24, 2.45) is 5.73 Å². The van der Waals surface area contributed by atoms with E-state index in [0.29, 0.717) is 26.2 Å². The second kappa shape index (κ2) is 8.16. The summed E-state index contributed by atoms with van der Waals surface area (Å²) >= 11 is 0. The van der Waals surface area contributed by atoms with Crippen LogP contribution in [0.15, 0.2) is 30.3 Å². The molecule has 1 aliphatic heterocycles. The van der Waals surface area contributed by atoms with Crippen LogP contribution in [0.3, 0.4) is 0 Å². The molecule has 1 saturated heterocycles. The van der Waals surface area contributed by atoms with Gasteiger partial charge in [-0.15, -0.1) is 0 Å². The molecule has 0 saturated carbocycles. The summed E-state index contributed by atoms with van der Waals surface area (Å²) in [5, 5.41) is 9.65. The zero-order chi connectivity index (χ0) is 19.4. The Hall–Kier alpha value is -1.96. The zero-order valence-corrected chi connectivity index (χ0v) is 15.8. The monoisotopic (exact) mass is 363 g/mol. The molecule has 0 aromatic heterocycles. The number of aliphatic carboxylic acids is 1. The summed E-state index contributed by atoms with van der Waals surface area (Å²) in [6, 6.07) is 10.1. The number of carbonyl (C=O) groups is 2. The van der Waals surface area contributed by atoms with E-state index in [2.05, 4.69) is 17.0 Å². The minimum atomic E-state index is -1.75. The molecule has 1 aliphatic rings. The van der Waals surface area contributed by atoms with Gasteiger partial charge in [0.15, 0.2) is 5.66 Å². The van der Waals surface area contributed by atoms with Crippen molar-refractivity contribution in [3.05, 3.63) is 35.9 Å². The van der Waals surface area contributed by atoms with Crippen molar-refractivity contribution in [1.82, 2.24) is 9.80 Å². The standard InChI is InChI=1S/C19H29N3O4/c1-18(2,3)26-16(23)13-19(20,17(24)25)22-11-9-21(10-12-22)14-15-7-5-4-6-8-15/h4-8H,9-14,20H2,1-3H3,(H,24,25)/t19-/m0/s1. The predicted molar refractivity (Wildman–Crippen MR) is 98.3 cm³/mol. The summed E-state index contributed by atoms with van der Waals surface area (Å²) < 4.78 is 5.26. The van der Waals surface area contributed by atoms with Crippen molar-refractivity contribution < 1.29 is 19.4 Å². The maximum absolute atomic E-state index is 12.1. The third kappa shape index (κ3) is 5.52. The minimum absolute atomic E-state index is 0.377. The van der Waals surface area contributed by atoms with E-state index >= 15 is 0 Å². The van der Waals surface area contributed by atoms with Gasteiger partial charge in [-0.1, -0.05) is 30.3 Å². The number of benzene rings is 1. The second-order valence-corrected chi connectivity index (χ2v) is 7.74. The van der Waals surface area contributed by atoms with E-state index in [4.69, 9.17) is 10.5 Å². The van der Waals surface area contributed by atoms with Crippen LogP contribution >= 0.6 is 0 Å². The molecule has 7 nitrogen and oxygen atoms in total. The van der Waals surface area contributed by atoms with Gasteiger partial charge in [-0.05, 0) is 26.3 Å². The van der Waals surface area contributed by atoms with Gasteiger partial charge in [-0.2, -0.15) is 0 Å². The molecule has 1 aromatic carbocycles. The summed E-state index contributed by atoms with van der Waals surface area (Å²) in [4.78, 5) is 27.8. The number of piperazine rings is 1. The van der Waals surface area contributed by atoms with Crippen LogP contribution in [0.25, 0.3) is 0 Å². The van der Waals surface area contributed by atoms with Crippen LogP contribution in [0.1, 0.15) is 32.8 Å². The van der Waals surface area contributed by atoms with Crippen LogP contribution in [0.2, 0.25) is 0 Å². The lowest BCUT2D eigenvalue weighted by atomic mass is 10.0. The third-order valence-corrected chi connectivity index (χ3v) is 4.39. The molecule has 0 bridgehead atoms. The Labute approximate surface area is 154 Å². The van der Waals surface area contributed by atoms with E-state index in [0.717, 1.165) is 6.54 Å². The molecule has 1 atom stereocenters. The molecule has 3 N–H and O–H groups in total. The first kappa shape index (κ1) is 20.4. The van der Waals surface area contributed by atoms with Crippen LogP contribution in [-0.2, 0) is 20.9 Å². The van der Waals surface area contributed by atoms with Gasteiger partial charge in [0.2, 0.25) is 0 Å². The highest BCUT2D eigenvalue weighted by molar-refractivity contribution is 5.85. The number of carboxylic acid groups (broad SMARTS) is 1. The second-order valence-electron chi connectivity index (χ2n) is 7.74. The lowest BCUT2D eigenvalue weighted by Crippen LogP contribution is -2.66. The van der Waals surface area contributed by atoms with E-state index < -0.39 is 23.2 Å². The zero-order valence-electron chi connectivity index (χ0n) is 15.8. The Morgan fingerprint density at radius 1 is 1.12 bits per heavy atom. The van der Waals surface area contributed by atoms with E-state index in [1.54, 1.807) is 25.7 Å². The van der Waals surface area contributed by atoms with Crippen molar-refractivity contribution in [2.75, 3.05) is 26.2 Å². The van der Waals surface area contributed by atoms with E-state index in [-0.39, 0.29) is 6.42 Å². The molecule has 1 heterocycles. The number of hydrogen-bond donors (Lipinski definition) is 2. The maximum atomic E-state index is 12.1. The van der Waals surface area contributed by atoms with Crippen molar-refractivity contribution in [1.29, 1.82) is 0 Å². The largest absolute Gasteiger partial charge is 0.479 e. The number of nitrogens with two attached hydrogens (primary N) is 1. The van der Waals surface area contributed by atoms with Crippen molar-refractivity contribution in [3.8, 4) is 0 Å². The number of rotatable bonds is 6. The Morgan fingerprint density at radius 2 is 1.69 bits per heavy atom. The Kier molecular flexibility index (Phi) is 6.39. The SMILES string of the molecule is CC(C)(C)OC(=O)C[C@@](N)(C(=O)O)N1CCN(Cc2ccccc2)CC1. The molecule has 144 valence electrons. The van der Waals surface area contributed by atoms with E-state index in [9.17, 15) is 14.7 Å². The first-order chi connectivity index (χ1) is 12.1. The van der Waals surface area contributed by atoms with Crippen molar-refractivity contribution in [3.63, 3.8) is 0 Å². The van der Waals surface area contributed by atoms with Gasteiger partial charge in [-0.3, -0.25) is 14.6 Å². The van der Waals surface area contributed by atoms with Crippen LogP contribution in [0, 0.1) is 0 Å². The molecule has 1 aromatic rings. The average molecular weight is 363 g/mol. The van der Waals surface area contributed by atoms with Crippen LogP contribution in [0.4, 0.5) is 0 Å². The number of carbonyl (C=O) groups excluding carboxylic acids is 1. The van der Waals surface area contributed by atoms with Crippen LogP contribution < -0.4 is 5.73 Å². The third-order valence-electron chi connectivity index (χ3n) is 4.39.